The van der Waals surface area contributed by atoms with Gasteiger partial charge in [0.15, 0.2) is 0 Å². The van der Waals surface area contributed by atoms with E-state index in [-0.39, 0.29) is 17.1 Å². The van der Waals surface area contributed by atoms with Crippen molar-refractivity contribution < 1.29 is 9.53 Å². The van der Waals surface area contributed by atoms with Crippen LogP contribution in [0.1, 0.15) is 38.7 Å². The van der Waals surface area contributed by atoms with E-state index in [2.05, 4.69) is 34.8 Å². The van der Waals surface area contributed by atoms with Crippen LogP contribution < -0.4 is 5.32 Å². The number of ether oxygens (including phenoxy) is 1. The lowest BCUT2D eigenvalue weighted by Gasteiger charge is -2.46. The van der Waals surface area contributed by atoms with E-state index in [0.29, 0.717) is 18.0 Å². The molecule has 0 radical (unpaired) electrons. The van der Waals surface area contributed by atoms with Crippen LogP contribution >= 0.6 is 0 Å². The highest BCUT2D eigenvalue weighted by Crippen LogP contribution is 2.48. The van der Waals surface area contributed by atoms with E-state index in [1.807, 2.05) is 18.5 Å². The lowest BCUT2D eigenvalue weighted by Crippen LogP contribution is -2.46. The number of benzene rings is 1. The van der Waals surface area contributed by atoms with Gasteiger partial charge in [0.1, 0.15) is 5.60 Å². The molecule has 6 nitrogen and oxygen atoms in total. The SMILES string of the molecule is CC1(C)CC[C@@]2(CNC(=O)O2)C[C@H]1Cn1cnc2ccc(C#N)cc21. The molecule has 130 valence electrons. The highest BCUT2D eigenvalue weighted by Gasteiger charge is 2.49. The van der Waals surface area contributed by atoms with E-state index in [0.717, 1.165) is 36.8 Å². The van der Waals surface area contributed by atoms with Gasteiger partial charge < -0.3 is 14.6 Å². The van der Waals surface area contributed by atoms with E-state index in [1.165, 1.54) is 0 Å². The number of rotatable bonds is 2. The Morgan fingerprint density at radius 3 is 3.00 bits per heavy atom. The van der Waals surface area contributed by atoms with Crippen LogP contribution in [0.5, 0.6) is 0 Å². The summed E-state index contributed by atoms with van der Waals surface area (Å²) >= 11 is 0. The molecule has 1 aromatic carbocycles. The maximum atomic E-state index is 11.6. The number of hydrogen-bond acceptors (Lipinski definition) is 4. The number of nitrogens with one attached hydrogen (secondary N) is 1. The molecule has 2 aliphatic rings. The van der Waals surface area contributed by atoms with Gasteiger partial charge in [-0.05, 0) is 48.8 Å². The first-order valence-corrected chi connectivity index (χ1v) is 8.73. The lowest BCUT2D eigenvalue weighted by molar-refractivity contribution is -0.0418. The first kappa shape index (κ1) is 15.9. The van der Waals surface area contributed by atoms with Gasteiger partial charge in [0.05, 0.1) is 35.5 Å². The first-order valence-electron chi connectivity index (χ1n) is 8.73. The molecule has 2 aromatic rings. The minimum absolute atomic E-state index is 0.156. The Labute approximate surface area is 146 Å². The number of nitrogens with zero attached hydrogens (tertiary/aromatic N) is 3. The van der Waals surface area contributed by atoms with Crippen molar-refractivity contribution in [2.24, 2.45) is 11.3 Å². The molecule has 1 saturated heterocycles. The average molecular weight is 338 g/mol. The lowest BCUT2D eigenvalue weighted by atomic mass is 9.63. The van der Waals surface area contributed by atoms with Gasteiger partial charge in [-0.1, -0.05) is 13.8 Å². The second kappa shape index (κ2) is 5.48. The Hall–Kier alpha value is -2.55. The third kappa shape index (κ3) is 2.74. The number of alkyl carbamates (subject to hydrolysis) is 1. The number of carbonyl (C=O) groups is 1. The van der Waals surface area contributed by atoms with E-state index < -0.39 is 0 Å². The van der Waals surface area contributed by atoms with Crippen LogP contribution in [0.2, 0.25) is 0 Å². The number of carbonyl (C=O) groups excluding carboxylic acids is 1. The fourth-order valence-electron chi connectivity index (χ4n) is 4.16. The minimum Gasteiger partial charge on any atom is -0.441 e. The molecule has 1 aliphatic carbocycles. The van der Waals surface area contributed by atoms with Crippen LogP contribution in [-0.2, 0) is 11.3 Å². The summed E-state index contributed by atoms with van der Waals surface area (Å²) in [6, 6.07) is 7.77. The zero-order valence-electron chi connectivity index (χ0n) is 14.6. The van der Waals surface area contributed by atoms with Gasteiger partial charge in [0, 0.05) is 6.54 Å². The topological polar surface area (TPSA) is 79.9 Å². The summed E-state index contributed by atoms with van der Waals surface area (Å²) in [4.78, 5) is 16.0. The summed E-state index contributed by atoms with van der Waals surface area (Å²) in [5, 5.41) is 12.0. The Morgan fingerprint density at radius 2 is 2.28 bits per heavy atom. The Bertz CT molecular complexity index is 879. The van der Waals surface area contributed by atoms with Crippen LogP contribution in [0.3, 0.4) is 0 Å². The molecule has 0 bridgehead atoms. The van der Waals surface area contributed by atoms with E-state index in [9.17, 15) is 4.79 Å². The molecular formula is C19H22N4O2. The monoisotopic (exact) mass is 338 g/mol. The Morgan fingerprint density at radius 1 is 1.44 bits per heavy atom. The highest BCUT2D eigenvalue weighted by atomic mass is 16.6. The fourth-order valence-corrected chi connectivity index (χ4v) is 4.16. The standard InChI is InChI=1S/C19H22N4O2/c1-18(2)5-6-19(11-21-17(24)25-19)8-14(18)10-23-12-22-15-4-3-13(9-20)7-16(15)23/h3-4,7,12,14H,5-6,8,10-11H2,1-2H3,(H,21,24)/t14-,19-/m0/s1. The van der Waals surface area contributed by atoms with E-state index in [1.54, 1.807) is 6.07 Å². The van der Waals surface area contributed by atoms with Crippen LogP contribution in [0.4, 0.5) is 4.79 Å². The maximum Gasteiger partial charge on any atom is 0.407 e. The molecule has 1 spiro atoms. The number of nitriles is 1. The Balaban J connectivity index is 1.64. The molecule has 0 unspecified atom stereocenters. The summed E-state index contributed by atoms with van der Waals surface area (Å²) < 4.78 is 7.77. The van der Waals surface area contributed by atoms with Gasteiger partial charge in [0.25, 0.3) is 0 Å². The van der Waals surface area contributed by atoms with Crippen LogP contribution in [0.15, 0.2) is 24.5 Å². The Kier molecular flexibility index (Phi) is 3.50. The van der Waals surface area contributed by atoms with Crippen molar-refractivity contribution >= 4 is 17.1 Å². The molecule has 1 amide bonds. The zero-order chi connectivity index (χ0) is 17.7. The van der Waals surface area contributed by atoms with Crippen molar-refractivity contribution in [2.45, 2.75) is 45.3 Å². The van der Waals surface area contributed by atoms with Crippen molar-refractivity contribution in [3.63, 3.8) is 0 Å². The fraction of sp³-hybridized carbons (Fsp3) is 0.526. The molecule has 25 heavy (non-hydrogen) atoms. The molecular weight excluding hydrogens is 316 g/mol. The minimum atomic E-state index is -0.370. The molecule has 2 heterocycles. The van der Waals surface area contributed by atoms with Crippen LogP contribution in [0.25, 0.3) is 11.0 Å². The van der Waals surface area contributed by atoms with Gasteiger partial charge in [-0.3, -0.25) is 0 Å². The maximum absolute atomic E-state index is 11.6. The molecule has 4 rings (SSSR count). The molecule has 1 aromatic heterocycles. The van der Waals surface area contributed by atoms with Crippen molar-refractivity contribution in [3.05, 3.63) is 30.1 Å². The number of aromatic nitrogens is 2. The van der Waals surface area contributed by atoms with Crippen LogP contribution in [0, 0.1) is 22.7 Å². The van der Waals surface area contributed by atoms with E-state index in [4.69, 9.17) is 10.00 Å². The molecule has 1 saturated carbocycles. The smallest absolute Gasteiger partial charge is 0.407 e. The van der Waals surface area contributed by atoms with Gasteiger partial charge >= 0.3 is 6.09 Å². The van der Waals surface area contributed by atoms with Gasteiger partial charge in [-0.25, -0.2) is 9.78 Å². The first-order chi connectivity index (χ1) is 11.9. The van der Waals surface area contributed by atoms with Crippen LogP contribution in [-0.4, -0.2) is 27.8 Å². The number of hydrogen-bond donors (Lipinski definition) is 1. The van der Waals surface area contributed by atoms with Gasteiger partial charge in [-0.15, -0.1) is 0 Å². The van der Waals surface area contributed by atoms with Crippen molar-refractivity contribution in [3.8, 4) is 6.07 Å². The normalized spacial score (nSPS) is 27.9. The quantitative estimate of drug-likeness (QED) is 0.912. The summed E-state index contributed by atoms with van der Waals surface area (Å²) in [5.74, 6) is 0.358. The van der Waals surface area contributed by atoms with Crippen molar-refractivity contribution in [2.75, 3.05) is 6.54 Å². The van der Waals surface area contributed by atoms with Gasteiger partial charge in [0.2, 0.25) is 0 Å². The van der Waals surface area contributed by atoms with Gasteiger partial charge in [-0.2, -0.15) is 5.26 Å². The summed E-state index contributed by atoms with van der Waals surface area (Å²) in [5.41, 5.74) is 2.31. The van der Waals surface area contributed by atoms with E-state index >= 15 is 0 Å². The van der Waals surface area contributed by atoms with Crippen molar-refractivity contribution in [1.82, 2.24) is 14.9 Å². The third-order valence-corrected chi connectivity index (χ3v) is 5.98. The number of amides is 1. The van der Waals surface area contributed by atoms with Crippen molar-refractivity contribution in [1.29, 1.82) is 5.26 Å². The molecule has 6 heteroatoms. The largest absolute Gasteiger partial charge is 0.441 e. The second-order valence-electron chi connectivity index (χ2n) is 8.03. The summed E-state index contributed by atoms with van der Waals surface area (Å²) in [6.45, 7) is 5.97. The average Bonchev–Trinajstić information content (AvgIpc) is 3.15. The molecule has 1 N–H and O–H groups in total. The number of fused-ring (bicyclic) bond motifs is 1. The highest BCUT2D eigenvalue weighted by molar-refractivity contribution is 5.77. The third-order valence-electron chi connectivity index (χ3n) is 5.98. The summed E-state index contributed by atoms with van der Waals surface area (Å²) in [7, 11) is 0. The second-order valence-corrected chi connectivity index (χ2v) is 8.03. The molecule has 1 aliphatic heterocycles. The summed E-state index contributed by atoms with van der Waals surface area (Å²) in [6.07, 6.45) is 4.31. The predicted octanol–water partition coefficient (Wildman–Crippen LogP) is 3.21. The molecule has 2 fully saturated rings. The molecule has 2 atom stereocenters. The zero-order valence-corrected chi connectivity index (χ0v) is 14.6. The predicted molar refractivity (Wildman–Crippen MR) is 92.8 cm³/mol. The number of imidazole rings is 1.